The second-order valence-electron chi connectivity index (χ2n) is 7.17. The Bertz CT molecular complexity index is 872. The number of imidazole rings is 1. The maximum absolute atomic E-state index is 4.99. The average Bonchev–Trinajstić information content (AvgIpc) is 3.17. The van der Waals surface area contributed by atoms with E-state index in [0.29, 0.717) is 6.04 Å². The Labute approximate surface area is 154 Å². The van der Waals surface area contributed by atoms with E-state index in [1.807, 2.05) is 18.5 Å². The van der Waals surface area contributed by atoms with Gasteiger partial charge in [-0.25, -0.2) is 4.98 Å². The van der Waals surface area contributed by atoms with Crippen LogP contribution in [0.1, 0.15) is 65.2 Å². The molecule has 2 N–H and O–H groups in total. The molecule has 0 aromatic carbocycles. The van der Waals surface area contributed by atoms with E-state index in [-0.39, 0.29) is 6.04 Å². The molecule has 134 valence electrons. The molecule has 3 aromatic rings. The lowest BCUT2D eigenvalue weighted by molar-refractivity contribution is 0.319. The number of aryl methyl sites for hydroxylation is 2. The molecule has 26 heavy (non-hydrogen) atoms. The Hall–Kier alpha value is -2.53. The number of nitrogens with one attached hydrogen (secondary N) is 2. The van der Waals surface area contributed by atoms with Crippen molar-refractivity contribution in [2.45, 2.75) is 51.6 Å². The van der Waals surface area contributed by atoms with Crippen LogP contribution in [0.4, 0.5) is 0 Å². The largest absolute Gasteiger partial charge is 0.348 e. The molecular weight excluding hydrogens is 322 g/mol. The highest BCUT2D eigenvalue weighted by atomic mass is 15.0. The maximum atomic E-state index is 4.99. The smallest absolute Gasteiger partial charge is 0.0921 e. The highest BCUT2D eigenvalue weighted by Crippen LogP contribution is 2.33. The molecule has 0 saturated carbocycles. The summed E-state index contributed by atoms with van der Waals surface area (Å²) < 4.78 is 0. The van der Waals surface area contributed by atoms with Crippen LogP contribution in [0.25, 0.3) is 0 Å². The lowest BCUT2D eigenvalue weighted by atomic mass is 9.91. The molecule has 2 unspecified atom stereocenters. The number of nitrogens with zero attached hydrogens (tertiary/aromatic N) is 3. The van der Waals surface area contributed by atoms with Gasteiger partial charge in [0.05, 0.1) is 29.8 Å². The van der Waals surface area contributed by atoms with Gasteiger partial charge in [-0.3, -0.25) is 9.97 Å². The second-order valence-corrected chi connectivity index (χ2v) is 7.17. The first-order valence-corrected chi connectivity index (χ1v) is 9.32. The molecule has 3 aromatic heterocycles. The van der Waals surface area contributed by atoms with Gasteiger partial charge in [-0.2, -0.15) is 0 Å². The minimum atomic E-state index is 0.275. The van der Waals surface area contributed by atoms with Gasteiger partial charge >= 0.3 is 0 Å². The normalized spacial score (nSPS) is 20.2. The SMILES string of the molecule is Cc1cccnc1C1CCCC(c2nc(Cc3cnc[nH]3)ccc2C)N1. The molecule has 5 heteroatoms. The van der Waals surface area contributed by atoms with Crippen LogP contribution in [0, 0.1) is 13.8 Å². The van der Waals surface area contributed by atoms with Crippen molar-refractivity contribution < 1.29 is 0 Å². The first kappa shape index (κ1) is 16.9. The third-order valence-corrected chi connectivity index (χ3v) is 5.22. The van der Waals surface area contributed by atoms with Crippen molar-refractivity contribution in [3.8, 4) is 0 Å². The number of aromatic amines is 1. The highest BCUT2D eigenvalue weighted by Gasteiger charge is 2.27. The third-order valence-electron chi connectivity index (χ3n) is 5.22. The predicted molar refractivity (Wildman–Crippen MR) is 102 cm³/mol. The van der Waals surface area contributed by atoms with Crippen molar-refractivity contribution in [3.63, 3.8) is 0 Å². The van der Waals surface area contributed by atoms with Gasteiger partial charge in [0.25, 0.3) is 0 Å². The minimum Gasteiger partial charge on any atom is -0.348 e. The Kier molecular flexibility index (Phi) is 4.80. The number of pyridine rings is 2. The molecule has 1 fully saturated rings. The first-order valence-electron chi connectivity index (χ1n) is 9.32. The van der Waals surface area contributed by atoms with E-state index in [0.717, 1.165) is 30.7 Å². The second kappa shape index (κ2) is 7.38. The van der Waals surface area contributed by atoms with Gasteiger partial charge in [0, 0.05) is 30.2 Å². The maximum Gasteiger partial charge on any atom is 0.0921 e. The zero-order valence-electron chi connectivity index (χ0n) is 15.4. The number of piperidine rings is 1. The van der Waals surface area contributed by atoms with Gasteiger partial charge in [0.1, 0.15) is 0 Å². The number of aromatic nitrogens is 4. The summed E-state index contributed by atoms with van der Waals surface area (Å²) in [6.07, 6.45) is 9.67. The molecular formula is C21H25N5. The Morgan fingerprint density at radius 1 is 1.04 bits per heavy atom. The van der Waals surface area contributed by atoms with Crippen molar-refractivity contribution in [1.29, 1.82) is 0 Å². The molecule has 0 amide bonds. The minimum absolute atomic E-state index is 0.275. The number of H-pyrrole nitrogens is 1. The summed E-state index contributed by atoms with van der Waals surface area (Å²) in [6.45, 7) is 4.29. The summed E-state index contributed by atoms with van der Waals surface area (Å²) in [5.74, 6) is 0. The van der Waals surface area contributed by atoms with Gasteiger partial charge < -0.3 is 10.3 Å². The molecule has 0 radical (unpaired) electrons. The average molecular weight is 347 g/mol. The van der Waals surface area contributed by atoms with Gasteiger partial charge in [0.15, 0.2) is 0 Å². The molecule has 2 atom stereocenters. The van der Waals surface area contributed by atoms with Crippen LogP contribution >= 0.6 is 0 Å². The highest BCUT2D eigenvalue weighted by molar-refractivity contribution is 5.28. The van der Waals surface area contributed by atoms with E-state index >= 15 is 0 Å². The fourth-order valence-corrected chi connectivity index (χ4v) is 3.84. The van der Waals surface area contributed by atoms with Gasteiger partial charge in [-0.1, -0.05) is 12.1 Å². The summed E-state index contributed by atoms with van der Waals surface area (Å²) in [4.78, 5) is 16.9. The number of hydrogen-bond donors (Lipinski definition) is 2. The van der Waals surface area contributed by atoms with Crippen molar-refractivity contribution in [2.24, 2.45) is 0 Å². The lowest BCUT2D eigenvalue weighted by Gasteiger charge is -2.32. The van der Waals surface area contributed by atoms with Crippen LogP contribution in [-0.2, 0) is 6.42 Å². The summed E-state index contributed by atoms with van der Waals surface area (Å²) in [6, 6.07) is 9.02. The zero-order valence-corrected chi connectivity index (χ0v) is 15.4. The van der Waals surface area contributed by atoms with Gasteiger partial charge in [-0.15, -0.1) is 0 Å². The van der Waals surface area contributed by atoms with Crippen LogP contribution in [0.2, 0.25) is 0 Å². The van der Waals surface area contributed by atoms with E-state index in [9.17, 15) is 0 Å². The van der Waals surface area contributed by atoms with Crippen molar-refractivity contribution >= 4 is 0 Å². The first-order chi connectivity index (χ1) is 12.7. The molecule has 1 aliphatic rings. The van der Waals surface area contributed by atoms with Crippen LogP contribution < -0.4 is 5.32 Å². The van der Waals surface area contributed by atoms with Crippen molar-refractivity contribution in [1.82, 2.24) is 25.3 Å². The molecule has 1 aliphatic heterocycles. The summed E-state index contributed by atoms with van der Waals surface area (Å²) in [5.41, 5.74) is 7.00. The zero-order chi connectivity index (χ0) is 17.9. The van der Waals surface area contributed by atoms with Gasteiger partial charge in [0.2, 0.25) is 0 Å². The van der Waals surface area contributed by atoms with Crippen LogP contribution in [0.3, 0.4) is 0 Å². The van der Waals surface area contributed by atoms with Crippen LogP contribution in [0.5, 0.6) is 0 Å². The van der Waals surface area contributed by atoms with E-state index in [2.05, 4.69) is 52.3 Å². The van der Waals surface area contributed by atoms with Crippen molar-refractivity contribution in [3.05, 3.63) is 76.9 Å². The molecule has 4 rings (SSSR count). The number of hydrogen-bond acceptors (Lipinski definition) is 4. The molecule has 0 bridgehead atoms. The van der Waals surface area contributed by atoms with Crippen LogP contribution in [0.15, 0.2) is 43.0 Å². The monoisotopic (exact) mass is 347 g/mol. The Balaban J connectivity index is 1.57. The predicted octanol–water partition coefficient (Wildman–Crippen LogP) is 3.96. The molecule has 4 heterocycles. The lowest BCUT2D eigenvalue weighted by Crippen LogP contribution is -2.32. The summed E-state index contributed by atoms with van der Waals surface area (Å²) in [5, 5.41) is 3.81. The molecule has 5 nitrogen and oxygen atoms in total. The van der Waals surface area contributed by atoms with Crippen molar-refractivity contribution in [2.75, 3.05) is 0 Å². The fourth-order valence-electron chi connectivity index (χ4n) is 3.84. The standard InChI is InChI=1S/C21H25N5/c1-14-5-4-10-23-20(14)18-6-3-7-19(26-18)21-15(2)8-9-16(25-21)11-17-12-22-13-24-17/h4-5,8-10,12-13,18-19,26H,3,6-7,11H2,1-2H3,(H,22,24). The summed E-state index contributed by atoms with van der Waals surface area (Å²) in [7, 11) is 0. The molecule has 0 aliphatic carbocycles. The molecule has 0 spiro atoms. The fraction of sp³-hybridized carbons (Fsp3) is 0.381. The third kappa shape index (κ3) is 3.53. The summed E-state index contributed by atoms with van der Waals surface area (Å²) >= 11 is 0. The Morgan fingerprint density at radius 2 is 1.85 bits per heavy atom. The van der Waals surface area contributed by atoms with E-state index < -0.39 is 0 Å². The van der Waals surface area contributed by atoms with E-state index in [4.69, 9.17) is 4.98 Å². The topological polar surface area (TPSA) is 66.5 Å². The molecule has 1 saturated heterocycles. The number of rotatable bonds is 4. The van der Waals surface area contributed by atoms with Crippen LogP contribution in [-0.4, -0.2) is 19.9 Å². The van der Waals surface area contributed by atoms with Gasteiger partial charge in [-0.05, 0) is 56.4 Å². The van der Waals surface area contributed by atoms with E-state index in [1.165, 1.54) is 28.9 Å². The quantitative estimate of drug-likeness (QED) is 0.749. The van der Waals surface area contributed by atoms with E-state index in [1.54, 1.807) is 6.33 Å². The Morgan fingerprint density at radius 3 is 2.62 bits per heavy atom.